The predicted octanol–water partition coefficient (Wildman–Crippen LogP) is 5.21. The van der Waals surface area contributed by atoms with Crippen LogP contribution in [0.5, 0.6) is 5.75 Å². The lowest BCUT2D eigenvalue weighted by Gasteiger charge is -2.28. The Hall–Kier alpha value is -3.26. The highest BCUT2D eigenvalue weighted by molar-refractivity contribution is 7.92. The minimum absolute atomic E-state index is 0.0653. The molecule has 2 aromatic carbocycles. The molecule has 0 unspecified atom stereocenters. The highest BCUT2D eigenvalue weighted by Crippen LogP contribution is 2.39. The van der Waals surface area contributed by atoms with E-state index in [1.165, 1.54) is 22.5 Å². The van der Waals surface area contributed by atoms with Gasteiger partial charge in [0.25, 0.3) is 10.0 Å². The summed E-state index contributed by atoms with van der Waals surface area (Å²) in [5, 5.41) is 9.02. The van der Waals surface area contributed by atoms with Gasteiger partial charge in [-0.15, -0.1) is 0 Å². The summed E-state index contributed by atoms with van der Waals surface area (Å²) in [5.41, 5.74) is 3.77. The number of fused-ring (bicyclic) bond motifs is 1. The Bertz CT molecular complexity index is 1290. The number of sulfonamides is 1. The van der Waals surface area contributed by atoms with Gasteiger partial charge in [-0.3, -0.25) is 4.31 Å². The van der Waals surface area contributed by atoms with Gasteiger partial charge in [-0.1, -0.05) is 26.0 Å². The van der Waals surface area contributed by atoms with Crippen LogP contribution < -0.4 is 9.04 Å². The molecule has 4 rings (SSSR count). The molecule has 0 radical (unpaired) electrons. The Kier molecular flexibility index (Phi) is 6.70. The van der Waals surface area contributed by atoms with E-state index in [-0.39, 0.29) is 29.7 Å². The Balaban J connectivity index is 1.73. The highest BCUT2D eigenvalue weighted by Gasteiger charge is 2.32. The molecule has 0 spiro atoms. The molecule has 180 valence electrons. The Morgan fingerprint density at radius 2 is 1.76 bits per heavy atom. The molecule has 0 bridgehead atoms. The fraction of sp³-hybridized carbons (Fsp3) is 0.346. The van der Waals surface area contributed by atoms with E-state index in [4.69, 9.17) is 14.3 Å². The summed E-state index contributed by atoms with van der Waals surface area (Å²) in [7, 11) is -3.94. The van der Waals surface area contributed by atoms with Gasteiger partial charge in [-0.2, -0.15) is 8.42 Å². The van der Waals surface area contributed by atoms with Gasteiger partial charge in [0, 0.05) is 6.54 Å². The summed E-state index contributed by atoms with van der Waals surface area (Å²) in [5.74, 6) is 0.0837. The average molecular weight is 484 g/mol. The van der Waals surface area contributed by atoms with Crippen LogP contribution in [0.1, 0.15) is 53.1 Å². The standard InChI is InChI=1S/C26H29NO6S/c1-17(2)15-27(34(30,31)25-12-7-18(3)33-25)23-13-21-5-4-6-22(21)14-24(23)32-16-19-8-10-20(11-9-19)26(28)29/h7-14,17H,4-6,15-16H2,1-3H3,(H,28,29). The van der Waals surface area contributed by atoms with Crippen LogP contribution in [-0.4, -0.2) is 26.0 Å². The van der Waals surface area contributed by atoms with Crippen molar-refractivity contribution in [1.29, 1.82) is 0 Å². The third kappa shape index (κ3) is 4.97. The summed E-state index contributed by atoms with van der Waals surface area (Å²) < 4.78 is 40.3. The van der Waals surface area contributed by atoms with E-state index >= 15 is 0 Å². The molecule has 8 heteroatoms. The first-order chi connectivity index (χ1) is 16.1. The molecule has 0 atom stereocenters. The number of aromatic carboxylic acids is 1. The van der Waals surface area contributed by atoms with E-state index in [1.54, 1.807) is 25.1 Å². The smallest absolute Gasteiger partial charge is 0.335 e. The Morgan fingerprint density at radius 3 is 2.35 bits per heavy atom. The van der Waals surface area contributed by atoms with Gasteiger partial charge >= 0.3 is 5.97 Å². The molecule has 1 heterocycles. The molecule has 34 heavy (non-hydrogen) atoms. The summed E-state index contributed by atoms with van der Waals surface area (Å²) in [4.78, 5) is 11.1. The maximum absolute atomic E-state index is 13.6. The van der Waals surface area contributed by atoms with Crippen LogP contribution in [0.2, 0.25) is 0 Å². The zero-order chi connectivity index (χ0) is 24.5. The fourth-order valence-corrected chi connectivity index (χ4v) is 5.71. The number of ether oxygens (including phenoxy) is 1. The van der Waals surface area contributed by atoms with Crippen molar-refractivity contribution in [3.63, 3.8) is 0 Å². The SMILES string of the molecule is Cc1ccc(S(=O)(=O)N(CC(C)C)c2cc3c(cc2OCc2ccc(C(=O)O)cc2)CCC3)o1. The van der Waals surface area contributed by atoms with Crippen molar-refractivity contribution >= 4 is 21.7 Å². The van der Waals surface area contributed by atoms with Crippen molar-refractivity contribution in [3.8, 4) is 5.75 Å². The molecule has 1 N–H and O–H groups in total. The van der Waals surface area contributed by atoms with Gasteiger partial charge in [0.15, 0.2) is 0 Å². The van der Waals surface area contributed by atoms with Crippen molar-refractivity contribution < 1.29 is 27.5 Å². The fourth-order valence-electron chi connectivity index (χ4n) is 4.12. The van der Waals surface area contributed by atoms with Gasteiger partial charge in [-0.05, 0) is 85.2 Å². The molecule has 0 aliphatic heterocycles. The number of nitrogens with zero attached hydrogens (tertiary/aromatic N) is 1. The lowest BCUT2D eigenvalue weighted by Crippen LogP contribution is -2.34. The number of anilines is 1. The van der Waals surface area contributed by atoms with E-state index in [1.807, 2.05) is 26.0 Å². The summed E-state index contributed by atoms with van der Waals surface area (Å²) >= 11 is 0. The molecule has 7 nitrogen and oxygen atoms in total. The highest BCUT2D eigenvalue weighted by atomic mass is 32.2. The van der Waals surface area contributed by atoms with E-state index in [0.29, 0.717) is 17.2 Å². The van der Waals surface area contributed by atoms with Gasteiger partial charge in [0.05, 0.1) is 11.3 Å². The van der Waals surface area contributed by atoms with Crippen LogP contribution in [-0.2, 0) is 29.5 Å². The van der Waals surface area contributed by atoms with Crippen LogP contribution in [0.25, 0.3) is 0 Å². The minimum Gasteiger partial charge on any atom is -0.487 e. The zero-order valence-electron chi connectivity index (χ0n) is 19.6. The average Bonchev–Trinajstić information content (AvgIpc) is 3.44. The third-order valence-corrected chi connectivity index (χ3v) is 7.48. The van der Waals surface area contributed by atoms with Gasteiger partial charge in [0.2, 0.25) is 5.09 Å². The van der Waals surface area contributed by atoms with Crippen LogP contribution in [0, 0.1) is 12.8 Å². The molecule has 0 saturated carbocycles. The lowest BCUT2D eigenvalue weighted by atomic mass is 10.1. The number of hydrogen-bond donors (Lipinski definition) is 1. The van der Waals surface area contributed by atoms with Crippen LogP contribution in [0.4, 0.5) is 5.69 Å². The second kappa shape index (κ2) is 9.54. The zero-order valence-corrected chi connectivity index (χ0v) is 20.4. The molecular formula is C26H29NO6S. The largest absolute Gasteiger partial charge is 0.487 e. The van der Waals surface area contributed by atoms with Crippen molar-refractivity contribution in [3.05, 3.63) is 76.5 Å². The summed E-state index contributed by atoms with van der Waals surface area (Å²) in [6.45, 7) is 6.10. The second-order valence-corrected chi connectivity index (χ2v) is 10.8. The molecule has 1 aliphatic rings. The number of rotatable bonds is 9. The maximum Gasteiger partial charge on any atom is 0.335 e. The third-order valence-electron chi connectivity index (χ3n) is 5.83. The first kappa shape index (κ1) is 23.9. The van der Waals surface area contributed by atoms with Crippen LogP contribution in [0.3, 0.4) is 0 Å². The summed E-state index contributed by atoms with van der Waals surface area (Å²) in [6.07, 6.45) is 2.84. The van der Waals surface area contributed by atoms with E-state index in [0.717, 1.165) is 36.0 Å². The van der Waals surface area contributed by atoms with Crippen molar-refractivity contribution in [2.45, 2.75) is 51.7 Å². The topological polar surface area (TPSA) is 97.0 Å². The first-order valence-corrected chi connectivity index (χ1v) is 12.8. The van der Waals surface area contributed by atoms with Crippen molar-refractivity contribution in [2.24, 2.45) is 5.92 Å². The normalized spacial score (nSPS) is 13.2. The van der Waals surface area contributed by atoms with Crippen molar-refractivity contribution in [1.82, 2.24) is 0 Å². The molecular weight excluding hydrogens is 454 g/mol. The molecule has 1 aliphatic carbocycles. The number of carbonyl (C=O) groups is 1. The number of carboxylic acid groups (broad SMARTS) is 1. The minimum atomic E-state index is -3.94. The summed E-state index contributed by atoms with van der Waals surface area (Å²) in [6, 6.07) is 13.5. The Labute approximate surface area is 200 Å². The van der Waals surface area contributed by atoms with Crippen LogP contribution >= 0.6 is 0 Å². The number of furan rings is 1. The van der Waals surface area contributed by atoms with E-state index < -0.39 is 16.0 Å². The van der Waals surface area contributed by atoms with Gasteiger partial charge in [0.1, 0.15) is 18.1 Å². The van der Waals surface area contributed by atoms with Gasteiger partial charge < -0.3 is 14.3 Å². The van der Waals surface area contributed by atoms with Crippen LogP contribution in [0.15, 0.2) is 58.0 Å². The molecule has 0 saturated heterocycles. The van der Waals surface area contributed by atoms with E-state index in [9.17, 15) is 13.2 Å². The number of hydrogen-bond acceptors (Lipinski definition) is 5. The second-order valence-electron chi connectivity index (χ2n) is 9.03. The maximum atomic E-state index is 13.6. The Morgan fingerprint density at radius 1 is 1.09 bits per heavy atom. The lowest BCUT2D eigenvalue weighted by molar-refractivity contribution is 0.0697. The first-order valence-electron chi connectivity index (χ1n) is 11.3. The molecule has 0 amide bonds. The number of benzene rings is 2. The molecule has 1 aromatic heterocycles. The molecule has 0 fully saturated rings. The van der Waals surface area contributed by atoms with Crippen molar-refractivity contribution in [2.75, 3.05) is 10.8 Å². The number of carboxylic acids is 1. The quantitative estimate of drug-likeness (QED) is 0.449. The number of aryl methyl sites for hydroxylation is 3. The molecule has 3 aromatic rings. The predicted molar refractivity (Wildman–Crippen MR) is 129 cm³/mol. The van der Waals surface area contributed by atoms with Gasteiger partial charge in [-0.25, -0.2) is 4.79 Å². The monoisotopic (exact) mass is 483 g/mol. The van der Waals surface area contributed by atoms with E-state index in [2.05, 4.69) is 0 Å².